The van der Waals surface area contributed by atoms with Gasteiger partial charge in [-0.1, -0.05) is 54.1 Å². The molecule has 1 spiro atoms. The number of aliphatic hydroxyl groups is 1. The van der Waals surface area contributed by atoms with Crippen molar-refractivity contribution in [3.05, 3.63) is 42.0 Å². The Bertz CT molecular complexity index is 1060. The van der Waals surface area contributed by atoms with Crippen LogP contribution in [0.1, 0.15) is 37.8 Å². The molecule has 3 aliphatic heterocycles. The number of ether oxygens (including phenoxy) is 1. The molecule has 8 nitrogen and oxygen atoms in total. The van der Waals surface area contributed by atoms with Crippen LogP contribution in [0.25, 0.3) is 0 Å². The minimum absolute atomic E-state index is 0.142. The molecule has 0 aromatic heterocycles. The van der Waals surface area contributed by atoms with Gasteiger partial charge >= 0.3 is 5.97 Å². The van der Waals surface area contributed by atoms with E-state index in [2.05, 4.69) is 22.5 Å². The van der Waals surface area contributed by atoms with Gasteiger partial charge in [0.1, 0.15) is 11.6 Å². The molecule has 1 aromatic carbocycles. The van der Waals surface area contributed by atoms with Crippen molar-refractivity contribution in [3.8, 4) is 0 Å². The van der Waals surface area contributed by atoms with E-state index in [4.69, 9.17) is 4.74 Å². The number of fused-ring (bicyclic) bond motifs is 1. The molecular weight excluding hydrogens is 528 g/mol. The maximum atomic E-state index is 14.6. The third kappa shape index (κ3) is 4.00. The fourth-order valence-electron chi connectivity index (χ4n) is 6.64. The lowest BCUT2D eigenvalue weighted by molar-refractivity contribution is -0.151. The van der Waals surface area contributed by atoms with Crippen LogP contribution in [-0.4, -0.2) is 74.7 Å². The summed E-state index contributed by atoms with van der Waals surface area (Å²) in [5.41, 5.74) is 1.23. The van der Waals surface area contributed by atoms with Crippen molar-refractivity contribution in [2.24, 2.45) is 17.8 Å². The highest BCUT2D eigenvalue weighted by Crippen LogP contribution is 2.60. The van der Waals surface area contributed by atoms with Crippen LogP contribution >= 0.6 is 15.9 Å². The summed E-state index contributed by atoms with van der Waals surface area (Å²) in [6, 6.07) is 4.06. The predicted molar refractivity (Wildman–Crippen MR) is 139 cm³/mol. The van der Waals surface area contributed by atoms with E-state index in [1.54, 1.807) is 11.0 Å². The molecule has 0 radical (unpaired) electrons. The Morgan fingerprint density at radius 3 is 2.50 bits per heavy atom. The summed E-state index contributed by atoms with van der Waals surface area (Å²) in [5, 5.41) is 20.4. The van der Waals surface area contributed by atoms with E-state index in [-0.39, 0.29) is 29.8 Å². The fourth-order valence-corrected chi connectivity index (χ4v) is 7.58. The number of likely N-dealkylation sites (tertiary alicyclic amines) is 1. The third-order valence-corrected chi connectivity index (χ3v) is 8.73. The Hall–Kier alpha value is -2.23. The molecular formula is C27H35BrN2O6. The second-order valence-corrected chi connectivity index (χ2v) is 11.9. The average molecular weight is 563 g/mol. The standard InChI is InChI=1S/C27H35BrN2O6/c1-6-10-29(21-15(4)8-7-9-16(21)5)25(33)23-27-12-18(28)22(36-27)19(26(34)35)20(27)24(32)30(23)17(13-31)11-14(2)3/h6-9,14,17-20,22-23,31H,1,10-13H2,2-5H3,(H,34,35)/t17-,18?,19+,20-,22+,23+,27-/m1/s1. The molecule has 2 bridgehead atoms. The molecule has 3 heterocycles. The summed E-state index contributed by atoms with van der Waals surface area (Å²) in [5.74, 6) is -3.81. The highest BCUT2D eigenvalue weighted by molar-refractivity contribution is 9.09. The Morgan fingerprint density at radius 2 is 1.97 bits per heavy atom. The Labute approximate surface area is 220 Å². The highest BCUT2D eigenvalue weighted by atomic mass is 79.9. The van der Waals surface area contributed by atoms with E-state index in [1.807, 2.05) is 45.9 Å². The molecule has 1 unspecified atom stereocenters. The minimum Gasteiger partial charge on any atom is -0.481 e. The normalized spacial score (nSPS) is 31.6. The van der Waals surface area contributed by atoms with Gasteiger partial charge in [-0.2, -0.15) is 0 Å². The smallest absolute Gasteiger partial charge is 0.310 e. The topological polar surface area (TPSA) is 107 Å². The van der Waals surface area contributed by atoms with Crippen molar-refractivity contribution in [1.29, 1.82) is 0 Å². The molecule has 0 saturated carbocycles. The molecule has 2 N–H and O–H groups in total. The van der Waals surface area contributed by atoms with E-state index >= 15 is 0 Å². The van der Waals surface area contributed by atoms with Crippen molar-refractivity contribution in [3.63, 3.8) is 0 Å². The van der Waals surface area contributed by atoms with Gasteiger partial charge in [0.2, 0.25) is 5.91 Å². The molecule has 3 aliphatic rings. The van der Waals surface area contributed by atoms with Gasteiger partial charge in [-0.05, 0) is 43.7 Å². The quantitative estimate of drug-likeness (QED) is 0.354. The van der Waals surface area contributed by atoms with Gasteiger partial charge in [-0.25, -0.2) is 0 Å². The summed E-state index contributed by atoms with van der Waals surface area (Å²) in [6.45, 7) is 11.5. The molecule has 196 valence electrons. The number of para-hydroxylation sites is 1. The number of carboxylic acid groups (broad SMARTS) is 1. The molecule has 0 aliphatic carbocycles. The number of aryl methyl sites for hydroxylation is 2. The first-order chi connectivity index (χ1) is 17.0. The number of anilines is 1. The van der Waals surface area contributed by atoms with Crippen molar-refractivity contribution in [2.45, 2.75) is 69.2 Å². The van der Waals surface area contributed by atoms with Crippen molar-refractivity contribution in [1.82, 2.24) is 4.90 Å². The number of amides is 2. The average Bonchev–Trinajstić information content (AvgIpc) is 3.39. The lowest BCUT2D eigenvalue weighted by Gasteiger charge is -2.40. The summed E-state index contributed by atoms with van der Waals surface area (Å²) in [7, 11) is 0. The first-order valence-electron chi connectivity index (χ1n) is 12.5. The van der Waals surface area contributed by atoms with Crippen molar-refractivity contribution < 1.29 is 29.3 Å². The maximum absolute atomic E-state index is 14.6. The summed E-state index contributed by atoms with van der Waals surface area (Å²) in [6.07, 6.45) is 1.73. The lowest BCUT2D eigenvalue weighted by Crippen LogP contribution is -2.59. The van der Waals surface area contributed by atoms with E-state index in [0.29, 0.717) is 12.8 Å². The zero-order valence-corrected chi connectivity index (χ0v) is 22.8. The van der Waals surface area contributed by atoms with Gasteiger partial charge < -0.3 is 24.7 Å². The number of hydrogen-bond donors (Lipinski definition) is 2. The van der Waals surface area contributed by atoms with Crippen molar-refractivity contribution >= 4 is 39.4 Å². The maximum Gasteiger partial charge on any atom is 0.310 e. The first-order valence-corrected chi connectivity index (χ1v) is 13.4. The van der Waals surface area contributed by atoms with Gasteiger partial charge in [0.15, 0.2) is 0 Å². The van der Waals surface area contributed by atoms with E-state index in [1.165, 1.54) is 4.90 Å². The van der Waals surface area contributed by atoms with E-state index < -0.39 is 47.5 Å². The zero-order chi connectivity index (χ0) is 26.5. The number of aliphatic carboxylic acids is 1. The van der Waals surface area contributed by atoms with Crippen LogP contribution in [0, 0.1) is 31.6 Å². The van der Waals surface area contributed by atoms with Gasteiger partial charge in [0, 0.05) is 17.1 Å². The third-order valence-electron chi connectivity index (χ3n) is 7.88. The monoisotopic (exact) mass is 562 g/mol. The van der Waals surface area contributed by atoms with Crippen LogP contribution in [0.4, 0.5) is 5.69 Å². The van der Waals surface area contributed by atoms with Crippen LogP contribution in [0.2, 0.25) is 0 Å². The number of rotatable bonds is 9. The second kappa shape index (κ2) is 9.91. The van der Waals surface area contributed by atoms with Crippen LogP contribution in [-0.2, 0) is 19.1 Å². The number of carbonyl (C=O) groups excluding carboxylic acids is 2. The second-order valence-electron chi connectivity index (χ2n) is 10.7. The highest BCUT2D eigenvalue weighted by Gasteiger charge is 2.77. The number of halogens is 1. The molecule has 3 saturated heterocycles. The molecule has 4 rings (SSSR count). The molecule has 1 aromatic rings. The van der Waals surface area contributed by atoms with Crippen molar-refractivity contribution in [2.75, 3.05) is 18.1 Å². The number of benzene rings is 1. The molecule has 9 heteroatoms. The Morgan fingerprint density at radius 1 is 1.33 bits per heavy atom. The number of carboxylic acids is 1. The lowest BCUT2D eigenvalue weighted by atomic mass is 9.70. The van der Waals surface area contributed by atoms with Crippen LogP contribution < -0.4 is 4.90 Å². The SMILES string of the molecule is C=CCN(C(=O)[C@@H]1N([C@@H](CO)CC(C)C)C(=O)[C@H]2[C@H](C(=O)O)[C@H]3O[C@@]12CC3Br)c1c(C)cccc1C. The van der Waals surface area contributed by atoms with E-state index in [0.717, 1.165) is 16.8 Å². The van der Waals surface area contributed by atoms with Gasteiger partial charge in [0.05, 0.1) is 30.6 Å². The Balaban J connectivity index is 1.89. The van der Waals surface area contributed by atoms with Crippen LogP contribution in [0.15, 0.2) is 30.9 Å². The minimum atomic E-state index is -1.30. The first kappa shape index (κ1) is 26.8. The van der Waals surface area contributed by atoms with Gasteiger partial charge in [0.25, 0.3) is 5.91 Å². The summed E-state index contributed by atoms with van der Waals surface area (Å²) in [4.78, 5) is 43.7. The molecule has 3 fully saturated rings. The number of carbonyl (C=O) groups is 3. The van der Waals surface area contributed by atoms with Crippen LogP contribution in [0.3, 0.4) is 0 Å². The number of alkyl halides is 1. The number of nitrogens with zero attached hydrogens (tertiary/aromatic N) is 2. The zero-order valence-electron chi connectivity index (χ0n) is 21.2. The molecule has 7 atom stereocenters. The Kier molecular flexibility index (Phi) is 7.38. The predicted octanol–water partition coefficient (Wildman–Crippen LogP) is 3.06. The molecule has 36 heavy (non-hydrogen) atoms. The largest absolute Gasteiger partial charge is 0.481 e. The van der Waals surface area contributed by atoms with Gasteiger partial charge in [-0.3, -0.25) is 14.4 Å². The number of aliphatic hydroxyl groups excluding tert-OH is 1. The summed E-state index contributed by atoms with van der Waals surface area (Å²) < 4.78 is 6.38. The van der Waals surface area contributed by atoms with Crippen LogP contribution in [0.5, 0.6) is 0 Å². The number of hydrogen-bond acceptors (Lipinski definition) is 5. The summed E-state index contributed by atoms with van der Waals surface area (Å²) >= 11 is 3.57. The van der Waals surface area contributed by atoms with E-state index in [9.17, 15) is 24.6 Å². The molecule has 2 amide bonds. The fraction of sp³-hybridized carbons (Fsp3) is 0.593. The van der Waals surface area contributed by atoms with Gasteiger partial charge in [-0.15, -0.1) is 6.58 Å².